The molecule has 22 heavy (non-hydrogen) atoms. The van der Waals surface area contributed by atoms with E-state index >= 15 is 0 Å². The Balaban J connectivity index is 2.47. The molecule has 1 N–H and O–H groups in total. The van der Waals surface area contributed by atoms with Gasteiger partial charge in [-0.1, -0.05) is 13.8 Å². The molecule has 1 heterocycles. The molecule has 0 radical (unpaired) electrons. The topological polar surface area (TPSA) is 76.7 Å². The highest BCUT2D eigenvalue weighted by Crippen LogP contribution is 2.25. The summed E-state index contributed by atoms with van der Waals surface area (Å²) in [6.45, 7) is 7.44. The second kappa shape index (κ2) is 6.22. The van der Waals surface area contributed by atoms with Crippen LogP contribution in [0.15, 0.2) is 27.4 Å². The number of aliphatic carboxylic acids is 1. The summed E-state index contributed by atoms with van der Waals surface area (Å²) in [6, 6.07) is 5.04. The molecule has 0 aliphatic heterocycles. The van der Waals surface area contributed by atoms with Crippen molar-refractivity contribution in [3.63, 3.8) is 0 Å². The molecule has 1 aromatic carbocycles. The molecule has 0 bridgehead atoms. The van der Waals surface area contributed by atoms with E-state index in [4.69, 9.17) is 14.3 Å². The zero-order valence-electron chi connectivity index (χ0n) is 13.2. The van der Waals surface area contributed by atoms with Gasteiger partial charge in [0.25, 0.3) is 0 Å². The Kier molecular flexibility index (Phi) is 4.54. The van der Waals surface area contributed by atoms with Gasteiger partial charge >= 0.3 is 11.6 Å². The molecule has 0 fully saturated rings. The third-order valence-corrected chi connectivity index (χ3v) is 3.53. The first-order chi connectivity index (χ1) is 10.3. The van der Waals surface area contributed by atoms with E-state index in [1.165, 1.54) is 6.92 Å². The normalized spacial score (nSPS) is 12.6. The first-order valence-electron chi connectivity index (χ1n) is 7.25. The van der Waals surface area contributed by atoms with Gasteiger partial charge in [-0.15, -0.1) is 0 Å². The van der Waals surface area contributed by atoms with Gasteiger partial charge in [0.15, 0.2) is 6.10 Å². The van der Waals surface area contributed by atoms with Crippen LogP contribution >= 0.6 is 0 Å². The molecule has 0 aliphatic carbocycles. The summed E-state index contributed by atoms with van der Waals surface area (Å²) in [5, 5.41) is 9.71. The van der Waals surface area contributed by atoms with E-state index in [0.717, 1.165) is 10.9 Å². The summed E-state index contributed by atoms with van der Waals surface area (Å²) in [4.78, 5) is 23.0. The van der Waals surface area contributed by atoms with Gasteiger partial charge in [-0.2, -0.15) is 0 Å². The standard InChI is InChI=1S/C17H20O5/c1-9(2)7-14-10(3)13-6-5-12(21-11(4)16(18)19)8-15(13)22-17(14)20/h5-6,8-9,11H,7H2,1-4H3,(H,18,19). The van der Waals surface area contributed by atoms with Crippen molar-refractivity contribution in [1.29, 1.82) is 0 Å². The molecule has 2 rings (SSSR count). The van der Waals surface area contributed by atoms with Crippen molar-refractivity contribution >= 4 is 16.9 Å². The second-order valence-corrected chi connectivity index (χ2v) is 5.85. The minimum absolute atomic E-state index is 0.345. The van der Waals surface area contributed by atoms with Crippen molar-refractivity contribution in [3.05, 3.63) is 39.7 Å². The van der Waals surface area contributed by atoms with Crippen LogP contribution in [0, 0.1) is 12.8 Å². The van der Waals surface area contributed by atoms with Gasteiger partial charge in [0.05, 0.1) is 0 Å². The number of hydrogen-bond donors (Lipinski definition) is 1. The van der Waals surface area contributed by atoms with E-state index in [1.54, 1.807) is 18.2 Å². The minimum atomic E-state index is -1.05. The van der Waals surface area contributed by atoms with Crippen LogP contribution in [0.2, 0.25) is 0 Å². The highest BCUT2D eigenvalue weighted by molar-refractivity contribution is 5.82. The van der Waals surface area contributed by atoms with Crippen LogP contribution in [-0.4, -0.2) is 17.2 Å². The Hall–Kier alpha value is -2.30. The monoisotopic (exact) mass is 304 g/mol. The molecule has 1 aromatic heterocycles. The fourth-order valence-electron chi connectivity index (χ4n) is 2.35. The third-order valence-electron chi connectivity index (χ3n) is 3.53. The van der Waals surface area contributed by atoms with Gasteiger partial charge in [0, 0.05) is 17.0 Å². The van der Waals surface area contributed by atoms with Gasteiger partial charge < -0.3 is 14.3 Å². The van der Waals surface area contributed by atoms with E-state index in [-0.39, 0.29) is 5.63 Å². The maximum Gasteiger partial charge on any atom is 0.344 e. The van der Waals surface area contributed by atoms with Gasteiger partial charge in [-0.05, 0) is 43.9 Å². The fourth-order valence-corrected chi connectivity index (χ4v) is 2.35. The quantitative estimate of drug-likeness (QED) is 0.859. The van der Waals surface area contributed by atoms with Gasteiger partial charge in [-0.25, -0.2) is 9.59 Å². The lowest BCUT2D eigenvalue weighted by atomic mass is 9.98. The van der Waals surface area contributed by atoms with Crippen molar-refractivity contribution in [2.45, 2.75) is 40.2 Å². The molecule has 0 saturated heterocycles. The average Bonchev–Trinajstić information content (AvgIpc) is 2.42. The Bertz CT molecular complexity index is 757. The van der Waals surface area contributed by atoms with Crippen LogP contribution in [0.1, 0.15) is 31.9 Å². The molecule has 1 unspecified atom stereocenters. The van der Waals surface area contributed by atoms with Crippen LogP contribution in [0.4, 0.5) is 0 Å². The Morgan fingerprint density at radius 1 is 1.32 bits per heavy atom. The van der Waals surface area contributed by atoms with Crippen LogP contribution in [0.25, 0.3) is 11.0 Å². The van der Waals surface area contributed by atoms with E-state index in [0.29, 0.717) is 29.2 Å². The van der Waals surface area contributed by atoms with Crippen molar-refractivity contribution in [2.24, 2.45) is 5.92 Å². The summed E-state index contributed by atoms with van der Waals surface area (Å²) in [5.74, 6) is -0.329. The number of benzene rings is 1. The molecule has 0 amide bonds. The maximum atomic E-state index is 12.1. The lowest BCUT2D eigenvalue weighted by molar-refractivity contribution is -0.144. The van der Waals surface area contributed by atoms with Gasteiger partial charge in [0.2, 0.25) is 0 Å². The number of hydrogen-bond acceptors (Lipinski definition) is 4. The molecule has 0 spiro atoms. The number of carboxylic acids is 1. The average molecular weight is 304 g/mol. The van der Waals surface area contributed by atoms with Gasteiger partial charge in [-0.3, -0.25) is 0 Å². The van der Waals surface area contributed by atoms with E-state index in [9.17, 15) is 9.59 Å². The van der Waals surface area contributed by atoms with Crippen LogP contribution in [-0.2, 0) is 11.2 Å². The Labute approximate surface area is 128 Å². The number of carbonyl (C=O) groups is 1. The number of carboxylic acid groups (broad SMARTS) is 1. The number of aryl methyl sites for hydroxylation is 1. The summed E-state index contributed by atoms with van der Waals surface area (Å²) < 4.78 is 10.7. The van der Waals surface area contributed by atoms with Crippen molar-refractivity contribution < 1.29 is 19.1 Å². The van der Waals surface area contributed by atoms with E-state index < -0.39 is 12.1 Å². The molecule has 0 saturated carbocycles. The molecule has 1 atom stereocenters. The number of ether oxygens (including phenoxy) is 1. The molecule has 118 valence electrons. The summed E-state index contributed by atoms with van der Waals surface area (Å²) in [5.41, 5.74) is 1.65. The van der Waals surface area contributed by atoms with Gasteiger partial charge in [0.1, 0.15) is 11.3 Å². The van der Waals surface area contributed by atoms with E-state index in [2.05, 4.69) is 0 Å². The third kappa shape index (κ3) is 3.30. The first-order valence-corrected chi connectivity index (χ1v) is 7.25. The lowest BCUT2D eigenvalue weighted by Gasteiger charge is -2.13. The zero-order valence-corrected chi connectivity index (χ0v) is 13.2. The summed E-state index contributed by atoms with van der Waals surface area (Å²) >= 11 is 0. The Morgan fingerprint density at radius 2 is 2.00 bits per heavy atom. The predicted molar refractivity (Wildman–Crippen MR) is 83.5 cm³/mol. The minimum Gasteiger partial charge on any atom is -0.479 e. The number of rotatable bonds is 5. The molecular weight excluding hydrogens is 284 g/mol. The SMILES string of the molecule is Cc1c(CC(C)C)c(=O)oc2cc(OC(C)C(=O)O)ccc12. The summed E-state index contributed by atoms with van der Waals surface area (Å²) in [7, 11) is 0. The molecule has 5 nitrogen and oxygen atoms in total. The molecule has 2 aromatic rings. The highest BCUT2D eigenvalue weighted by atomic mass is 16.5. The first kappa shape index (κ1) is 16.1. The Morgan fingerprint density at radius 3 is 2.59 bits per heavy atom. The largest absolute Gasteiger partial charge is 0.479 e. The smallest absolute Gasteiger partial charge is 0.344 e. The number of fused-ring (bicyclic) bond motifs is 1. The molecular formula is C17H20O5. The highest BCUT2D eigenvalue weighted by Gasteiger charge is 2.15. The molecule has 0 aliphatic rings. The van der Waals surface area contributed by atoms with Crippen molar-refractivity contribution in [3.8, 4) is 5.75 Å². The summed E-state index contributed by atoms with van der Waals surface area (Å²) in [6.07, 6.45) is -0.302. The van der Waals surface area contributed by atoms with Crippen molar-refractivity contribution in [1.82, 2.24) is 0 Å². The second-order valence-electron chi connectivity index (χ2n) is 5.85. The fraction of sp³-hybridized carbons (Fsp3) is 0.412. The van der Waals surface area contributed by atoms with Crippen LogP contribution < -0.4 is 10.4 Å². The van der Waals surface area contributed by atoms with Crippen LogP contribution in [0.3, 0.4) is 0 Å². The van der Waals surface area contributed by atoms with Crippen molar-refractivity contribution in [2.75, 3.05) is 0 Å². The van der Waals surface area contributed by atoms with Crippen LogP contribution in [0.5, 0.6) is 5.75 Å². The maximum absolute atomic E-state index is 12.1. The zero-order chi connectivity index (χ0) is 16.4. The lowest BCUT2D eigenvalue weighted by Crippen LogP contribution is -2.22. The van der Waals surface area contributed by atoms with E-state index in [1.807, 2.05) is 20.8 Å². The molecule has 5 heteroatoms. The predicted octanol–water partition coefficient (Wildman–Crippen LogP) is 3.15.